The van der Waals surface area contributed by atoms with Crippen molar-refractivity contribution >= 4 is 50.2 Å². The van der Waals surface area contributed by atoms with Gasteiger partial charge in [-0.15, -0.1) is 0 Å². The molecular formula is C70H75N3. The Bertz CT molecular complexity index is 3700. The summed E-state index contributed by atoms with van der Waals surface area (Å²) in [7, 11) is 0. The SMILES string of the molecule is CCC1(C)c2cc(-c3c(C)cc(C)cc3C)ccc2N2c3ccc(-c4c(C)cc(C)cc4C)cc3Nc3cc(-n4c5ccc(C(C)(C)C)cc5c5ccc(-c6cc(C(C)(C)C)cc(C(C)(C)C)c6)cc54)cc1c32. The van der Waals surface area contributed by atoms with E-state index in [9.17, 15) is 0 Å². The summed E-state index contributed by atoms with van der Waals surface area (Å²) in [4.78, 5) is 2.58. The minimum absolute atomic E-state index is 0.00402. The molecule has 0 saturated carbocycles. The molecule has 9 aromatic rings. The predicted molar refractivity (Wildman–Crippen MR) is 316 cm³/mol. The van der Waals surface area contributed by atoms with Crippen LogP contribution >= 0.6 is 0 Å². The lowest BCUT2D eigenvalue weighted by molar-refractivity contribution is 0.544. The largest absolute Gasteiger partial charge is 0.352 e. The Kier molecular flexibility index (Phi) is 11.0. The van der Waals surface area contributed by atoms with Gasteiger partial charge in [-0.25, -0.2) is 0 Å². The van der Waals surface area contributed by atoms with Gasteiger partial charge in [-0.3, -0.25) is 0 Å². The molecule has 1 atom stereocenters. The van der Waals surface area contributed by atoms with Crippen molar-refractivity contribution in [2.45, 2.75) is 146 Å². The molecular weight excluding hydrogens is 883 g/mol. The fourth-order valence-electron chi connectivity index (χ4n) is 12.7. The summed E-state index contributed by atoms with van der Waals surface area (Å²) in [6.07, 6.45) is 0.934. The van der Waals surface area contributed by atoms with Gasteiger partial charge in [0.05, 0.1) is 39.5 Å². The molecule has 11 rings (SSSR count). The van der Waals surface area contributed by atoms with Gasteiger partial charge in [-0.1, -0.05) is 160 Å². The number of benzene rings is 8. The van der Waals surface area contributed by atoms with Crippen LogP contribution < -0.4 is 10.2 Å². The second kappa shape index (κ2) is 16.6. The molecule has 0 amide bonds. The summed E-state index contributed by atoms with van der Waals surface area (Å²) in [5.41, 5.74) is 31.4. The molecule has 0 spiro atoms. The van der Waals surface area contributed by atoms with Gasteiger partial charge in [-0.2, -0.15) is 0 Å². The van der Waals surface area contributed by atoms with Crippen molar-refractivity contribution in [3.8, 4) is 39.1 Å². The van der Waals surface area contributed by atoms with Crippen molar-refractivity contribution in [2.24, 2.45) is 0 Å². The summed E-state index contributed by atoms with van der Waals surface area (Å²) in [5.74, 6) is 0. The molecule has 0 radical (unpaired) electrons. The number of rotatable bonds is 5. The highest BCUT2D eigenvalue weighted by Crippen LogP contribution is 2.61. The second-order valence-corrected chi connectivity index (χ2v) is 25.4. The summed E-state index contributed by atoms with van der Waals surface area (Å²) in [5, 5.41) is 6.69. The van der Waals surface area contributed by atoms with Crippen molar-refractivity contribution in [2.75, 3.05) is 10.2 Å². The highest BCUT2D eigenvalue weighted by Gasteiger charge is 2.43. The van der Waals surface area contributed by atoms with E-state index in [1.54, 1.807) is 0 Å². The lowest BCUT2D eigenvalue weighted by atomic mass is 9.69. The average molecular weight is 958 g/mol. The zero-order valence-electron chi connectivity index (χ0n) is 46.7. The smallest absolute Gasteiger partial charge is 0.0740 e. The van der Waals surface area contributed by atoms with E-state index >= 15 is 0 Å². The van der Waals surface area contributed by atoms with E-state index in [-0.39, 0.29) is 21.7 Å². The average Bonchev–Trinajstić information content (AvgIpc) is 3.64. The van der Waals surface area contributed by atoms with E-state index in [1.165, 1.54) is 133 Å². The summed E-state index contributed by atoms with van der Waals surface area (Å²) in [6.45, 7) is 39.3. The number of nitrogens with one attached hydrogen (secondary N) is 1. The van der Waals surface area contributed by atoms with Gasteiger partial charge in [0.1, 0.15) is 0 Å². The van der Waals surface area contributed by atoms with Gasteiger partial charge in [0, 0.05) is 21.9 Å². The Balaban J connectivity index is 1.21. The summed E-state index contributed by atoms with van der Waals surface area (Å²) >= 11 is 0. The lowest BCUT2D eigenvalue weighted by Gasteiger charge is -2.47. The van der Waals surface area contributed by atoms with Gasteiger partial charge >= 0.3 is 0 Å². The monoisotopic (exact) mass is 958 g/mol. The first kappa shape index (κ1) is 48.4. The predicted octanol–water partition coefficient (Wildman–Crippen LogP) is 20.1. The Morgan fingerprint density at radius 3 is 1.55 bits per heavy atom. The van der Waals surface area contributed by atoms with Gasteiger partial charge in [-0.05, 0) is 202 Å². The summed E-state index contributed by atoms with van der Waals surface area (Å²) < 4.78 is 2.58. The van der Waals surface area contributed by atoms with Gasteiger partial charge in [0.25, 0.3) is 0 Å². The third-order valence-corrected chi connectivity index (χ3v) is 16.8. The number of hydrogen-bond acceptors (Lipinski definition) is 2. The molecule has 1 aromatic heterocycles. The normalized spacial score (nSPS) is 15.4. The fraction of sp³-hybridized carbons (Fsp3) is 0.314. The van der Waals surface area contributed by atoms with E-state index in [0.29, 0.717) is 0 Å². The Hall–Kier alpha value is -6.84. The maximum atomic E-state index is 4.14. The Morgan fingerprint density at radius 2 is 0.986 bits per heavy atom. The number of fused-ring (bicyclic) bond motifs is 7. The van der Waals surface area contributed by atoms with E-state index in [4.69, 9.17) is 0 Å². The van der Waals surface area contributed by atoms with Crippen LogP contribution in [0.1, 0.15) is 144 Å². The fourth-order valence-corrected chi connectivity index (χ4v) is 12.7. The van der Waals surface area contributed by atoms with Crippen molar-refractivity contribution in [1.29, 1.82) is 0 Å². The number of hydrogen-bond donors (Lipinski definition) is 1. The first-order valence-corrected chi connectivity index (χ1v) is 26.8. The number of anilines is 5. The standard InChI is InChI=1S/C70H75N3/c1-18-70(17)56-33-47(64-42(4)27-40(2)28-43(64)5)20-24-61(56)73-62-25-21-48(65-44(6)29-41(3)30-45(65)7)34-58(62)71-59-39-53(38-57(70)66(59)73)72-60-26-22-50(67(8,9)10)37-55(60)54-23-19-46(35-63(54)72)49-31-51(68(11,12)13)36-52(32-49)69(14,15)16/h19-39,71H,18H2,1-17H3. The molecule has 3 heterocycles. The molecule has 370 valence electrons. The molecule has 0 aliphatic carbocycles. The van der Waals surface area contributed by atoms with Crippen molar-refractivity contribution in [1.82, 2.24) is 4.57 Å². The van der Waals surface area contributed by atoms with Crippen LogP contribution in [0.15, 0.2) is 127 Å². The molecule has 3 heteroatoms. The molecule has 1 N–H and O–H groups in total. The third-order valence-electron chi connectivity index (χ3n) is 16.8. The van der Waals surface area contributed by atoms with Crippen molar-refractivity contribution < 1.29 is 0 Å². The second-order valence-electron chi connectivity index (χ2n) is 25.4. The molecule has 2 aliphatic heterocycles. The Labute approximate surface area is 436 Å². The minimum Gasteiger partial charge on any atom is -0.352 e. The van der Waals surface area contributed by atoms with E-state index in [0.717, 1.165) is 23.5 Å². The van der Waals surface area contributed by atoms with E-state index in [1.807, 2.05) is 0 Å². The maximum absolute atomic E-state index is 4.14. The van der Waals surface area contributed by atoms with Crippen LogP contribution in [0.4, 0.5) is 28.4 Å². The zero-order valence-corrected chi connectivity index (χ0v) is 46.7. The Morgan fingerprint density at radius 1 is 0.438 bits per heavy atom. The summed E-state index contributed by atoms with van der Waals surface area (Å²) in [6, 6.07) is 50.5. The molecule has 1 unspecified atom stereocenters. The number of aryl methyl sites for hydroxylation is 6. The van der Waals surface area contributed by atoms with Crippen molar-refractivity contribution in [3.63, 3.8) is 0 Å². The van der Waals surface area contributed by atoms with Crippen LogP contribution in [0.3, 0.4) is 0 Å². The number of nitrogens with zero attached hydrogens (tertiary/aromatic N) is 2. The minimum atomic E-state index is -0.316. The first-order chi connectivity index (χ1) is 34.3. The lowest BCUT2D eigenvalue weighted by Crippen LogP contribution is -2.35. The quantitative estimate of drug-likeness (QED) is 0.185. The van der Waals surface area contributed by atoms with E-state index < -0.39 is 0 Å². The molecule has 0 bridgehead atoms. The molecule has 3 nitrogen and oxygen atoms in total. The molecule has 0 fully saturated rings. The van der Waals surface area contributed by atoms with E-state index in [2.05, 4.69) is 260 Å². The third kappa shape index (κ3) is 7.83. The zero-order chi connectivity index (χ0) is 52.0. The van der Waals surface area contributed by atoms with Crippen LogP contribution in [0, 0.1) is 41.5 Å². The van der Waals surface area contributed by atoms with Crippen LogP contribution in [0.25, 0.3) is 60.9 Å². The van der Waals surface area contributed by atoms with Gasteiger partial charge < -0.3 is 14.8 Å². The number of aromatic nitrogens is 1. The van der Waals surface area contributed by atoms with Crippen LogP contribution in [-0.2, 0) is 21.7 Å². The van der Waals surface area contributed by atoms with Crippen LogP contribution in [-0.4, -0.2) is 4.57 Å². The van der Waals surface area contributed by atoms with Crippen LogP contribution in [0.5, 0.6) is 0 Å². The van der Waals surface area contributed by atoms with Crippen molar-refractivity contribution in [3.05, 3.63) is 189 Å². The molecule has 73 heavy (non-hydrogen) atoms. The maximum Gasteiger partial charge on any atom is 0.0740 e. The van der Waals surface area contributed by atoms with Crippen LogP contribution in [0.2, 0.25) is 0 Å². The topological polar surface area (TPSA) is 20.2 Å². The first-order valence-electron chi connectivity index (χ1n) is 26.8. The highest BCUT2D eigenvalue weighted by atomic mass is 15.2. The molecule has 8 aromatic carbocycles. The van der Waals surface area contributed by atoms with Gasteiger partial charge in [0.15, 0.2) is 0 Å². The molecule has 0 saturated heterocycles. The van der Waals surface area contributed by atoms with Gasteiger partial charge in [0.2, 0.25) is 0 Å². The molecule has 2 aliphatic rings. The highest BCUT2D eigenvalue weighted by molar-refractivity contribution is 6.11.